The molecule has 1 N–H and O–H groups in total. The highest BCUT2D eigenvalue weighted by molar-refractivity contribution is 7.15. The van der Waals surface area contributed by atoms with E-state index in [1.165, 1.54) is 0 Å². The minimum absolute atomic E-state index is 0.684. The van der Waals surface area contributed by atoms with E-state index in [9.17, 15) is 0 Å². The molecule has 2 aromatic carbocycles. The van der Waals surface area contributed by atoms with Crippen LogP contribution in [0, 0.1) is 6.92 Å². The van der Waals surface area contributed by atoms with Crippen molar-refractivity contribution in [2.75, 3.05) is 5.43 Å². The van der Waals surface area contributed by atoms with Crippen molar-refractivity contribution in [3.8, 4) is 11.3 Å². The molecule has 6 heteroatoms. The van der Waals surface area contributed by atoms with Gasteiger partial charge in [-0.25, -0.2) is 4.98 Å². The maximum absolute atomic E-state index is 5.94. The van der Waals surface area contributed by atoms with Crippen LogP contribution in [0.15, 0.2) is 53.6 Å². The lowest BCUT2D eigenvalue weighted by Crippen LogP contribution is -1.90. The minimum atomic E-state index is 0.684. The molecule has 0 saturated carbocycles. The van der Waals surface area contributed by atoms with Crippen molar-refractivity contribution in [3.05, 3.63) is 69.0 Å². The first-order valence-electron chi connectivity index (χ1n) is 6.90. The predicted octanol–water partition coefficient (Wildman–Crippen LogP) is 5.87. The number of anilines is 1. The van der Waals surface area contributed by atoms with Gasteiger partial charge in [0.25, 0.3) is 0 Å². The van der Waals surface area contributed by atoms with Crippen LogP contribution < -0.4 is 5.43 Å². The molecule has 0 radical (unpaired) electrons. The first kappa shape index (κ1) is 16.0. The van der Waals surface area contributed by atoms with Crippen LogP contribution in [0.3, 0.4) is 0 Å². The summed E-state index contributed by atoms with van der Waals surface area (Å²) in [6, 6.07) is 15.1. The Kier molecular flexibility index (Phi) is 4.96. The summed E-state index contributed by atoms with van der Waals surface area (Å²) in [4.78, 5) is 5.70. The van der Waals surface area contributed by atoms with Crippen LogP contribution in [-0.2, 0) is 0 Å². The molecule has 23 heavy (non-hydrogen) atoms. The zero-order valence-electron chi connectivity index (χ0n) is 12.3. The lowest BCUT2D eigenvalue weighted by molar-refractivity contribution is 1.28. The number of benzene rings is 2. The Morgan fingerprint density at radius 2 is 1.87 bits per heavy atom. The van der Waals surface area contributed by atoms with E-state index in [0.717, 1.165) is 26.8 Å². The van der Waals surface area contributed by atoms with Gasteiger partial charge in [0.2, 0.25) is 5.13 Å². The second kappa shape index (κ2) is 7.13. The number of nitrogens with zero attached hydrogens (tertiary/aromatic N) is 2. The first-order chi connectivity index (χ1) is 11.1. The van der Waals surface area contributed by atoms with Crippen LogP contribution in [-0.4, -0.2) is 11.2 Å². The molecule has 0 fully saturated rings. The quantitative estimate of drug-likeness (QED) is 0.465. The van der Waals surface area contributed by atoms with Gasteiger partial charge >= 0.3 is 0 Å². The summed E-state index contributed by atoms with van der Waals surface area (Å²) in [5.74, 6) is 0. The topological polar surface area (TPSA) is 37.3 Å². The van der Waals surface area contributed by atoms with Crippen molar-refractivity contribution in [2.24, 2.45) is 5.10 Å². The number of aryl methyl sites for hydroxylation is 1. The lowest BCUT2D eigenvalue weighted by Gasteiger charge is -1.98. The molecule has 0 aliphatic carbocycles. The van der Waals surface area contributed by atoms with Crippen molar-refractivity contribution in [1.82, 2.24) is 4.98 Å². The molecule has 0 spiro atoms. The number of thiazole rings is 1. The van der Waals surface area contributed by atoms with E-state index in [1.54, 1.807) is 17.6 Å². The summed E-state index contributed by atoms with van der Waals surface area (Å²) in [6.45, 7) is 2.04. The third-order valence-electron chi connectivity index (χ3n) is 3.14. The van der Waals surface area contributed by atoms with Crippen molar-refractivity contribution < 1.29 is 0 Å². The highest BCUT2D eigenvalue weighted by atomic mass is 35.5. The monoisotopic (exact) mass is 361 g/mol. The van der Waals surface area contributed by atoms with E-state index in [-0.39, 0.29) is 0 Å². The maximum atomic E-state index is 5.94. The zero-order valence-corrected chi connectivity index (χ0v) is 14.6. The van der Waals surface area contributed by atoms with Gasteiger partial charge in [-0.2, -0.15) is 5.10 Å². The fraction of sp³-hybridized carbons (Fsp3) is 0.0588. The van der Waals surface area contributed by atoms with Crippen molar-refractivity contribution in [3.63, 3.8) is 0 Å². The zero-order chi connectivity index (χ0) is 16.2. The second-order valence-electron chi connectivity index (χ2n) is 4.86. The Hall–Kier alpha value is -1.88. The second-order valence-corrected chi connectivity index (χ2v) is 6.93. The largest absolute Gasteiger partial charge is 0.253 e. The Morgan fingerprint density at radius 1 is 1.09 bits per heavy atom. The van der Waals surface area contributed by atoms with Gasteiger partial charge in [-0.05, 0) is 36.8 Å². The van der Waals surface area contributed by atoms with E-state index >= 15 is 0 Å². The fourth-order valence-electron chi connectivity index (χ4n) is 2.07. The summed E-state index contributed by atoms with van der Waals surface area (Å²) in [6.07, 6.45) is 1.71. The molecular weight excluding hydrogens is 349 g/mol. The summed E-state index contributed by atoms with van der Waals surface area (Å²) in [5.41, 5.74) is 5.86. The number of hydrogen-bond donors (Lipinski definition) is 1. The van der Waals surface area contributed by atoms with Crippen molar-refractivity contribution >= 4 is 45.9 Å². The van der Waals surface area contributed by atoms with Crippen LogP contribution in [0.4, 0.5) is 5.13 Å². The molecule has 0 aliphatic heterocycles. The number of nitrogens with one attached hydrogen (secondary N) is 1. The molecule has 0 amide bonds. The smallest absolute Gasteiger partial charge is 0.204 e. The molecule has 1 aromatic heterocycles. The number of rotatable bonds is 4. The average Bonchev–Trinajstić information content (AvgIpc) is 2.89. The molecule has 0 unspecified atom stereocenters. The SMILES string of the molecule is Cc1sc(NN=Cc2cccc(Cl)c2)nc1-c1ccc(Cl)cc1. The van der Waals surface area contributed by atoms with Gasteiger partial charge < -0.3 is 0 Å². The van der Waals surface area contributed by atoms with Crippen LogP contribution in [0.1, 0.15) is 10.4 Å². The Bertz CT molecular complexity index is 841. The molecule has 3 rings (SSSR count). The van der Waals surface area contributed by atoms with Gasteiger partial charge in [0.05, 0.1) is 11.9 Å². The Balaban J connectivity index is 1.75. The summed E-state index contributed by atoms with van der Waals surface area (Å²) >= 11 is 13.4. The van der Waals surface area contributed by atoms with Gasteiger partial charge in [0, 0.05) is 20.5 Å². The molecule has 0 saturated heterocycles. The number of aromatic nitrogens is 1. The molecule has 1 heterocycles. The summed E-state index contributed by atoms with van der Waals surface area (Å²) in [5, 5.41) is 6.35. The van der Waals surface area contributed by atoms with Crippen molar-refractivity contribution in [2.45, 2.75) is 6.92 Å². The predicted molar refractivity (Wildman–Crippen MR) is 100.0 cm³/mol. The third kappa shape index (κ3) is 4.10. The summed E-state index contributed by atoms with van der Waals surface area (Å²) < 4.78 is 0. The number of hydrogen-bond acceptors (Lipinski definition) is 4. The molecule has 116 valence electrons. The first-order valence-corrected chi connectivity index (χ1v) is 8.47. The van der Waals surface area contributed by atoms with E-state index < -0.39 is 0 Å². The van der Waals surface area contributed by atoms with E-state index in [2.05, 4.69) is 15.5 Å². The fourth-order valence-corrected chi connectivity index (χ4v) is 3.18. The molecular formula is C17H13Cl2N3S. The van der Waals surface area contributed by atoms with Crippen LogP contribution >= 0.6 is 34.5 Å². The Labute approximate surface area is 148 Å². The molecule has 3 aromatic rings. The molecule has 3 nitrogen and oxygen atoms in total. The van der Waals surface area contributed by atoms with E-state index in [4.69, 9.17) is 23.2 Å². The third-order valence-corrected chi connectivity index (χ3v) is 4.50. The highest BCUT2D eigenvalue weighted by Crippen LogP contribution is 2.30. The van der Waals surface area contributed by atoms with Gasteiger partial charge in [-0.15, -0.1) is 11.3 Å². The van der Waals surface area contributed by atoms with Gasteiger partial charge in [0.1, 0.15) is 0 Å². The van der Waals surface area contributed by atoms with E-state index in [0.29, 0.717) is 10.0 Å². The standard InChI is InChI=1S/C17H13Cl2N3S/c1-11-16(13-5-7-14(18)8-6-13)21-17(23-11)22-20-10-12-3-2-4-15(19)9-12/h2-10H,1H3,(H,21,22). The highest BCUT2D eigenvalue weighted by Gasteiger charge is 2.09. The minimum Gasteiger partial charge on any atom is -0.253 e. The van der Waals surface area contributed by atoms with Crippen molar-refractivity contribution in [1.29, 1.82) is 0 Å². The average molecular weight is 362 g/mol. The molecule has 0 bridgehead atoms. The van der Waals surface area contributed by atoms with Gasteiger partial charge in [0.15, 0.2) is 0 Å². The van der Waals surface area contributed by atoms with Gasteiger partial charge in [-0.1, -0.05) is 47.5 Å². The number of hydrazone groups is 1. The van der Waals surface area contributed by atoms with E-state index in [1.807, 2.05) is 55.5 Å². The number of halogens is 2. The molecule has 0 aliphatic rings. The maximum Gasteiger partial charge on any atom is 0.204 e. The molecule has 0 atom stereocenters. The normalized spacial score (nSPS) is 11.1. The summed E-state index contributed by atoms with van der Waals surface area (Å²) in [7, 11) is 0. The van der Waals surface area contributed by atoms with Gasteiger partial charge in [-0.3, -0.25) is 5.43 Å². The lowest BCUT2D eigenvalue weighted by atomic mass is 10.1. The van der Waals surface area contributed by atoms with Crippen LogP contribution in [0.25, 0.3) is 11.3 Å². The van der Waals surface area contributed by atoms with Crippen LogP contribution in [0.5, 0.6) is 0 Å². The van der Waals surface area contributed by atoms with Crippen LogP contribution in [0.2, 0.25) is 10.0 Å². The Morgan fingerprint density at radius 3 is 2.61 bits per heavy atom.